The van der Waals surface area contributed by atoms with Gasteiger partial charge in [-0.15, -0.1) is 0 Å². The van der Waals surface area contributed by atoms with E-state index in [4.69, 9.17) is 23.2 Å². The molecule has 0 radical (unpaired) electrons. The summed E-state index contributed by atoms with van der Waals surface area (Å²) in [5, 5.41) is 5.07. The van der Waals surface area contributed by atoms with Crippen LogP contribution in [0.1, 0.15) is 36.5 Å². The molecular formula is C31H32Cl2N4O2. The number of urea groups is 1. The average Bonchev–Trinajstić information content (AvgIpc) is 3.70. The monoisotopic (exact) mass is 562 g/mol. The zero-order valence-corrected chi connectivity index (χ0v) is 23.4. The Morgan fingerprint density at radius 3 is 2.56 bits per heavy atom. The Morgan fingerprint density at radius 1 is 0.974 bits per heavy atom. The van der Waals surface area contributed by atoms with Crippen molar-refractivity contribution in [3.8, 4) is 0 Å². The van der Waals surface area contributed by atoms with Crippen LogP contribution in [0.2, 0.25) is 10.0 Å². The van der Waals surface area contributed by atoms with Crippen LogP contribution in [0.25, 0.3) is 10.9 Å². The van der Waals surface area contributed by atoms with E-state index in [1.165, 1.54) is 0 Å². The maximum absolute atomic E-state index is 13.8. The molecule has 1 aliphatic carbocycles. The number of amides is 3. The number of nitrogens with zero attached hydrogens (tertiary/aromatic N) is 2. The van der Waals surface area contributed by atoms with E-state index in [1.807, 2.05) is 59.6 Å². The second-order valence-electron chi connectivity index (χ2n) is 10.0. The van der Waals surface area contributed by atoms with Crippen molar-refractivity contribution in [2.24, 2.45) is 0 Å². The fraction of sp³-hybridized carbons (Fsp3) is 0.290. The number of fused-ring (bicyclic) bond motifs is 1. The first kappa shape index (κ1) is 27.1. The van der Waals surface area contributed by atoms with Gasteiger partial charge in [-0.25, -0.2) is 4.79 Å². The second-order valence-corrected chi connectivity index (χ2v) is 10.8. The number of halogens is 2. The molecule has 1 saturated carbocycles. The molecule has 1 aromatic heterocycles. The van der Waals surface area contributed by atoms with Gasteiger partial charge in [-0.05, 0) is 72.7 Å². The molecule has 6 nitrogen and oxygen atoms in total. The Hall–Kier alpha value is -3.48. The Labute approximate surface area is 238 Å². The van der Waals surface area contributed by atoms with Gasteiger partial charge in [-0.2, -0.15) is 0 Å². The maximum atomic E-state index is 13.8. The predicted octanol–water partition coefficient (Wildman–Crippen LogP) is 7.30. The number of benzene rings is 3. The summed E-state index contributed by atoms with van der Waals surface area (Å²) >= 11 is 12.4. The largest absolute Gasteiger partial charge is 0.361 e. The Bertz CT molecular complexity index is 1480. The summed E-state index contributed by atoms with van der Waals surface area (Å²) < 4.78 is 0. The van der Waals surface area contributed by atoms with Crippen molar-refractivity contribution in [2.75, 3.05) is 18.4 Å². The van der Waals surface area contributed by atoms with Gasteiger partial charge in [0.25, 0.3) is 0 Å². The molecule has 0 bridgehead atoms. The van der Waals surface area contributed by atoms with E-state index >= 15 is 0 Å². The minimum Gasteiger partial charge on any atom is -0.361 e. The van der Waals surface area contributed by atoms with Gasteiger partial charge in [0, 0.05) is 41.9 Å². The molecule has 202 valence electrons. The van der Waals surface area contributed by atoms with Gasteiger partial charge in [0.2, 0.25) is 5.91 Å². The van der Waals surface area contributed by atoms with Crippen molar-refractivity contribution in [1.29, 1.82) is 0 Å². The highest BCUT2D eigenvalue weighted by atomic mass is 35.5. The molecule has 39 heavy (non-hydrogen) atoms. The first-order valence-corrected chi connectivity index (χ1v) is 14.1. The fourth-order valence-electron chi connectivity index (χ4n) is 4.81. The van der Waals surface area contributed by atoms with Gasteiger partial charge in [0.15, 0.2) is 0 Å². The van der Waals surface area contributed by atoms with Crippen molar-refractivity contribution in [3.05, 3.63) is 99.7 Å². The topological polar surface area (TPSA) is 68.4 Å². The van der Waals surface area contributed by atoms with Gasteiger partial charge >= 0.3 is 6.03 Å². The average molecular weight is 564 g/mol. The van der Waals surface area contributed by atoms with E-state index in [1.54, 1.807) is 17.0 Å². The van der Waals surface area contributed by atoms with Crippen LogP contribution in [0, 0.1) is 0 Å². The second kappa shape index (κ2) is 12.1. The highest BCUT2D eigenvalue weighted by Crippen LogP contribution is 2.28. The molecule has 3 aromatic carbocycles. The number of hydrogen-bond donors (Lipinski definition) is 2. The Balaban J connectivity index is 1.33. The van der Waals surface area contributed by atoms with Crippen LogP contribution in [-0.4, -0.2) is 45.9 Å². The van der Waals surface area contributed by atoms with E-state index in [9.17, 15) is 9.59 Å². The zero-order chi connectivity index (χ0) is 27.4. The highest BCUT2D eigenvalue weighted by Gasteiger charge is 2.35. The van der Waals surface area contributed by atoms with Crippen molar-refractivity contribution in [1.82, 2.24) is 14.8 Å². The van der Waals surface area contributed by atoms with Crippen LogP contribution in [0.3, 0.4) is 0 Å². The quantitative estimate of drug-likeness (QED) is 0.213. The van der Waals surface area contributed by atoms with Crippen molar-refractivity contribution >= 4 is 51.7 Å². The minimum absolute atomic E-state index is 0.0131. The van der Waals surface area contributed by atoms with Crippen molar-refractivity contribution in [2.45, 2.75) is 45.2 Å². The predicted molar refractivity (Wildman–Crippen MR) is 158 cm³/mol. The standard InChI is InChI=1S/C31H32Cl2N4O2/c1-2-21-6-5-7-24(16-21)35-31(39)37(25-11-12-25)20-30(38)36(19-22-10-13-27(32)28(33)17-22)15-14-23-18-34-29-9-4-3-8-26(23)29/h3-10,13,16-18,25,34H,2,11-12,14-15,19-20H2,1H3,(H,35,39). The number of carbonyl (C=O) groups is 2. The summed E-state index contributed by atoms with van der Waals surface area (Å²) in [6, 6.07) is 21.2. The molecule has 0 atom stereocenters. The molecule has 1 fully saturated rings. The molecule has 1 heterocycles. The third kappa shape index (κ3) is 6.75. The van der Waals surface area contributed by atoms with Crippen LogP contribution in [0.4, 0.5) is 10.5 Å². The Kier molecular flexibility index (Phi) is 8.44. The summed E-state index contributed by atoms with van der Waals surface area (Å²) in [5.41, 5.74) is 4.98. The number of aromatic amines is 1. The van der Waals surface area contributed by atoms with Crippen LogP contribution in [-0.2, 0) is 24.2 Å². The number of rotatable bonds is 10. The zero-order valence-electron chi connectivity index (χ0n) is 21.9. The van der Waals surface area contributed by atoms with Gasteiger partial charge in [-0.3, -0.25) is 4.79 Å². The molecule has 0 aliphatic heterocycles. The first-order chi connectivity index (χ1) is 18.9. The highest BCUT2D eigenvalue weighted by molar-refractivity contribution is 6.42. The molecular weight excluding hydrogens is 531 g/mol. The molecule has 1 aliphatic rings. The van der Waals surface area contributed by atoms with Crippen molar-refractivity contribution < 1.29 is 9.59 Å². The van der Waals surface area contributed by atoms with E-state index < -0.39 is 0 Å². The molecule has 2 N–H and O–H groups in total. The summed E-state index contributed by atoms with van der Waals surface area (Å²) in [7, 11) is 0. The van der Waals surface area contributed by atoms with Crippen LogP contribution >= 0.6 is 23.2 Å². The number of nitrogens with one attached hydrogen (secondary N) is 2. The fourth-order valence-corrected chi connectivity index (χ4v) is 5.13. The minimum atomic E-state index is -0.245. The molecule has 3 amide bonds. The number of anilines is 1. The lowest BCUT2D eigenvalue weighted by atomic mass is 10.1. The lowest BCUT2D eigenvalue weighted by Gasteiger charge is -2.28. The molecule has 8 heteroatoms. The summed E-state index contributed by atoms with van der Waals surface area (Å²) in [5.74, 6) is -0.106. The number of carbonyl (C=O) groups excluding carboxylic acids is 2. The van der Waals surface area contributed by atoms with Gasteiger partial charge in [0.05, 0.1) is 10.0 Å². The first-order valence-electron chi connectivity index (χ1n) is 13.3. The summed E-state index contributed by atoms with van der Waals surface area (Å²) in [6.07, 6.45) is 5.36. The third-order valence-corrected chi connectivity index (χ3v) is 7.92. The maximum Gasteiger partial charge on any atom is 0.322 e. The number of aromatic nitrogens is 1. The van der Waals surface area contributed by atoms with Crippen LogP contribution in [0.15, 0.2) is 72.9 Å². The number of hydrogen-bond acceptors (Lipinski definition) is 2. The van der Waals surface area contributed by atoms with E-state index in [0.29, 0.717) is 29.6 Å². The van der Waals surface area contributed by atoms with Gasteiger partial charge < -0.3 is 20.1 Å². The number of H-pyrrole nitrogens is 1. The van der Waals surface area contributed by atoms with Crippen LogP contribution < -0.4 is 5.32 Å². The van der Waals surface area contributed by atoms with E-state index in [-0.39, 0.29) is 24.5 Å². The van der Waals surface area contributed by atoms with Crippen LogP contribution in [0.5, 0.6) is 0 Å². The molecule has 4 aromatic rings. The number of para-hydroxylation sites is 1. The normalized spacial score (nSPS) is 12.9. The molecule has 0 saturated heterocycles. The molecule has 0 spiro atoms. The summed E-state index contributed by atoms with van der Waals surface area (Å²) in [6.45, 7) is 2.96. The van der Waals surface area contributed by atoms with E-state index in [2.05, 4.69) is 23.3 Å². The lowest BCUT2D eigenvalue weighted by Crippen LogP contribution is -2.45. The third-order valence-electron chi connectivity index (χ3n) is 7.18. The van der Waals surface area contributed by atoms with Crippen molar-refractivity contribution in [3.63, 3.8) is 0 Å². The summed E-state index contributed by atoms with van der Waals surface area (Å²) in [4.78, 5) is 33.8. The van der Waals surface area contributed by atoms with E-state index in [0.717, 1.165) is 52.5 Å². The molecule has 0 unspecified atom stereocenters. The van der Waals surface area contributed by atoms with Gasteiger partial charge in [0.1, 0.15) is 6.54 Å². The lowest BCUT2D eigenvalue weighted by molar-refractivity contribution is -0.132. The number of aryl methyl sites for hydroxylation is 1. The SMILES string of the molecule is CCc1cccc(NC(=O)N(CC(=O)N(CCc2c[nH]c3ccccc23)Cc2ccc(Cl)c(Cl)c2)C2CC2)c1. The van der Waals surface area contributed by atoms with Gasteiger partial charge in [-0.1, -0.05) is 66.5 Å². The Morgan fingerprint density at radius 2 is 1.79 bits per heavy atom. The molecule has 5 rings (SSSR count). The smallest absolute Gasteiger partial charge is 0.322 e.